The number of aromatic nitrogens is 2. The standard InChI is InChI=1S/C8H7N3.CH3B/c9-7-4-3-6-2-1-5-10-8(6)11-7;1-2/h1-5H,(H2,9,10,11);1H3. The van der Waals surface area contributed by atoms with Gasteiger partial charge in [0.2, 0.25) is 0 Å². The molecule has 2 aromatic rings. The maximum Gasteiger partial charge on any atom is 0.161 e. The average Bonchev–Trinajstić information content (AvgIpc) is 2.21. The first-order valence-electron chi connectivity index (χ1n) is 3.91. The summed E-state index contributed by atoms with van der Waals surface area (Å²) in [6.07, 6.45) is 1.70. The molecule has 64 valence electrons. The summed E-state index contributed by atoms with van der Waals surface area (Å²) < 4.78 is 0. The molecule has 0 fully saturated rings. The SMILES string of the molecule is Nc1ccc2cccnc2n1.[B]C. The lowest BCUT2D eigenvalue weighted by Gasteiger charge is -1.94. The molecule has 0 unspecified atom stereocenters. The number of nitrogen functional groups attached to an aromatic ring is 1. The normalized spacial score (nSPS) is 9.00. The number of fused-ring (bicyclic) bond motifs is 1. The molecule has 0 spiro atoms. The van der Waals surface area contributed by atoms with E-state index in [0.717, 1.165) is 5.39 Å². The highest BCUT2D eigenvalue weighted by Crippen LogP contribution is 2.09. The lowest BCUT2D eigenvalue weighted by atomic mass is 10.2. The van der Waals surface area contributed by atoms with Crippen LogP contribution in [0.1, 0.15) is 0 Å². The molecule has 13 heavy (non-hydrogen) atoms. The van der Waals surface area contributed by atoms with Crippen LogP contribution in [0.4, 0.5) is 5.82 Å². The smallest absolute Gasteiger partial charge is 0.161 e. The zero-order chi connectivity index (χ0) is 9.68. The van der Waals surface area contributed by atoms with Gasteiger partial charge in [-0.1, -0.05) is 6.82 Å². The van der Waals surface area contributed by atoms with E-state index in [0.29, 0.717) is 11.5 Å². The zero-order valence-corrected chi connectivity index (χ0v) is 7.44. The van der Waals surface area contributed by atoms with Crippen molar-refractivity contribution < 1.29 is 0 Å². The van der Waals surface area contributed by atoms with Crippen molar-refractivity contribution in [1.29, 1.82) is 0 Å². The van der Waals surface area contributed by atoms with Gasteiger partial charge < -0.3 is 5.73 Å². The molecule has 0 saturated heterocycles. The Morgan fingerprint density at radius 1 is 1.23 bits per heavy atom. The van der Waals surface area contributed by atoms with E-state index in [1.54, 1.807) is 12.3 Å². The number of rotatable bonds is 0. The van der Waals surface area contributed by atoms with Crippen molar-refractivity contribution in [3.63, 3.8) is 0 Å². The van der Waals surface area contributed by atoms with E-state index >= 15 is 0 Å². The van der Waals surface area contributed by atoms with E-state index < -0.39 is 0 Å². The molecule has 4 heteroatoms. The van der Waals surface area contributed by atoms with Gasteiger partial charge in [-0.05, 0) is 24.3 Å². The second-order valence-electron chi connectivity index (χ2n) is 2.29. The summed E-state index contributed by atoms with van der Waals surface area (Å²) in [5.41, 5.74) is 6.17. The Hall–Kier alpha value is -1.58. The summed E-state index contributed by atoms with van der Waals surface area (Å²) in [5.74, 6) is 0.510. The van der Waals surface area contributed by atoms with Crippen molar-refractivity contribution in [1.82, 2.24) is 9.97 Å². The minimum atomic E-state index is 0.510. The highest BCUT2D eigenvalue weighted by Gasteiger charge is 1.92. The zero-order valence-electron chi connectivity index (χ0n) is 7.44. The van der Waals surface area contributed by atoms with E-state index in [1.807, 2.05) is 18.2 Å². The fraction of sp³-hybridized carbons (Fsp3) is 0.111. The van der Waals surface area contributed by atoms with E-state index in [-0.39, 0.29) is 0 Å². The van der Waals surface area contributed by atoms with Gasteiger partial charge in [-0.2, -0.15) is 0 Å². The number of nitrogens with zero attached hydrogens (tertiary/aromatic N) is 2. The Labute approximate surface area is 78.4 Å². The van der Waals surface area contributed by atoms with Crippen LogP contribution in [0.2, 0.25) is 6.82 Å². The van der Waals surface area contributed by atoms with Gasteiger partial charge in [0.15, 0.2) is 5.65 Å². The van der Waals surface area contributed by atoms with Gasteiger partial charge in [0.25, 0.3) is 0 Å². The van der Waals surface area contributed by atoms with Crippen molar-refractivity contribution >= 4 is 24.7 Å². The van der Waals surface area contributed by atoms with Gasteiger partial charge in [-0.15, -0.1) is 0 Å². The maximum absolute atomic E-state index is 5.47. The number of pyridine rings is 2. The van der Waals surface area contributed by atoms with Crippen LogP contribution in [0, 0.1) is 0 Å². The first-order chi connectivity index (χ1) is 6.36. The lowest BCUT2D eigenvalue weighted by Crippen LogP contribution is -1.90. The molecular formula is C9H10BN3. The molecule has 0 aromatic carbocycles. The second kappa shape index (κ2) is 4.45. The van der Waals surface area contributed by atoms with Crippen molar-refractivity contribution in [2.75, 3.05) is 5.73 Å². The number of hydrogen-bond acceptors (Lipinski definition) is 3. The number of anilines is 1. The fourth-order valence-electron chi connectivity index (χ4n) is 0.968. The van der Waals surface area contributed by atoms with Crippen molar-refractivity contribution in [2.45, 2.75) is 6.82 Å². The van der Waals surface area contributed by atoms with E-state index in [9.17, 15) is 0 Å². The first kappa shape index (κ1) is 9.51. The van der Waals surface area contributed by atoms with Gasteiger partial charge in [-0.3, -0.25) is 0 Å². The van der Waals surface area contributed by atoms with Crippen LogP contribution in [-0.4, -0.2) is 17.8 Å². The Morgan fingerprint density at radius 3 is 2.77 bits per heavy atom. The molecule has 0 amide bonds. The molecule has 2 heterocycles. The molecule has 2 radical (unpaired) electrons. The lowest BCUT2D eigenvalue weighted by molar-refractivity contribution is 1.29. The highest BCUT2D eigenvalue weighted by molar-refractivity contribution is 6.05. The summed E-state index contributed by atoms with van der Waals surface area (Å²) in [6, 6.07) is 7.50. The van der Waals surface area contributed by atoms with Gasteiger partial charge in [0.05, 0.1) is 7.85 Å². The van der Waals surface area contributed by atoms with Crippen LogP contribution in [0.3, 0.4) is 0 Å². The van der Waals surface area contributed by atoms with Gasteiger partial charge >= 0.3 is 0 Å². The molecule has 2 aromatic heterocycles. The summed E-state index contributed by atoms with van der Waals surface area (Å²) in [6.45, 7) is 1.50. The molecule has 0 atom stereocenters. The van der Waals surface area contributed by atoms with Crippen LogP contribution >= 0.6 is 0 Å². The van der Waals surface area contributed by atoms with Crippen molar-refractivity contribution in [3.05, 3.63) is 30.5 Å². The molecule has 0 aliphatic rings. The topological polar surface area (TPSA) is 51.8 Å². The molecule has 0 saturated carbocycles. The average molecular weight is 171 g/mol. The largest absolute Gasteiger partial charge is 0.384 e. The molecule has 0 bridgehead atoms. The molecule has 0 aliphatic carbocycles. The highest BCUT2D eigenvalue weighted by atomic mass is 14.9. The van der Waals surface area contributed by atoms with Crippen LogP contribution in [0.5, 0.6) is 0 Å². The quantitative estimate of drug-likeness (QED) is 0.609. The molecule has 3 nitrogen and oxygen atoms in total. The second-order valence-corrected chi connectivity index (χ2v) is 2.29. The van der Waals surface area contributed by atoms with Gasteiger partial charge in [0.1, 0.15) is 5.82 Å². The van der Waals surface area contributed by atoms with Crippen LogP contribution in [0.15, 0.2) is 30.5 Å². The van der Waals surface area contributed by atoms with Crippen molar-refractivity contribution in [3.8, 4) is 0 Å². The monoisotopic (exact) mass is 171 g/mol. The Kier molecular flexibility index (Phi) is 3.26. The first-order valence-corrected chi connectivity index (χ1v) is 3.91. The molecule has 2 rings (SSSR count). The van der Waals surface area contributed by atoms with Gasteiger partial charge in [0, 0.05) is 11.6 Å². The fourth-order valence-corrected chi connectivity index (χ4v) is 0.968. The third-order valence-electron chi connectivity index (χ3n) is 1.49. The summed E-state index contributed by atoms with van der Waals surface area (Å²) >= 11 is 0. The maximum atomic E-state index is 5.47. The summed E-state index contributed by atoms with van der Waals surface area (Å²) in [5, 5.41) is 1.02. The van der Waals surface area contributed by atoms with Crippen LogP contribution < -0.4 is 5.73 Å². The van der Waals surface area contributed by atoms with Gasteiger partial charge in [-0.25, -0.2) is 9.97 Å². The summed E-state index contributed by atoms with van der Waals surface area (Å²) in [7, 11) is 4.50. The minimum Gasteiger partial charge on any atom is -0.384 e. The Balaban J connectivity index is 0.000000396. The van der Waals surface area contributed by atoms with Crippen LogP contribution in [0.25, 0.3) is 11.0 Å². The molecule has 2 N–H and O–H groups in total. The van der Waals surface area contributed by atoms with Crippen molar-refractivity contribution in [2.24, 2.45) is 0 Å². The summed E-state index contributed by atoms with van der Waals surface area (Å²) in [4.78, 5) is 8.09. The Morgan fingerprint density at radius 2 is 2.00 bits per heavy atom. The predicted molar refractivity (Wildman–Crippen MR) is 55.6 cm³/mol. The van der Waals surface area contributed by atoms with E-state index in [4.69, 9.17) is 5.73 Å². The third-order valence-corrected chi connectivity index (χ3v) is 1.49. The third kappa shape index (κ3) is 2.18. The van der Waals surface area contributed by atoms with Crippen LogP contribution in [-0.2, 0) is 0 Å². The van der Waals surface area contributed by atoms with E-state index in [2.05, 4.69) is 17.8 Å². The predicted octanol–water partition coefficient (Wildman–Crippen LogP) is 1.41. The molecular weight excluding hydrogens is 161 g/mol. The minimum absolute atomic E-state index is 0.510. The Bertz CT molecular complexity index is 389. The molecule has 0 aliphatic heterocycles. The van der Waals surface area contributed by atoms with E-state index in [1.165, 1.54) is 6.82 Å². The number of nitrogens with two attached hydrogens (primary N) is 1. The number of hydrogen-bond donors (Lipinski definition) is 1.